The number of likely N-dealkylation sites (N-methyl/N-ethyl adjacent to an activating group) is 1. The van der Waals surface area contributed by atoms with Gasteiger partial charge in [-0.25, -0.2) is 0 Å². The van der Waals surface area contributed by atoms with E-state index in [4.69, 9.17) is 0 Å². The molecule has 0 aliphatic heterocycles. The molecular formula is C13H17F3N2O. The summed E-state index contributed by atoms with van der Waals surface area (Å²) >= 11 is 0. The summed E-state index contributed by atoms with van der Waals surface area (Å²) in [6.45, 7) is 2.23. The Morgan fingerprint density at radius 2 is 1.95 bits per heavy atom. The number of nitrogens with zero attached hydrogens (tertiary/aromatic N) is 1. The average Bonchev–Trinajstić information content (AvgIpc) is 2.33. The van der Waals surface area contributed by atoms with Crippen LogP contribution in [0.1, 0.15) is 18.1 Å². The Morgan fingerprint density at radius 1 is 1.32 bits per heavy atom. The van der Waals surface area contributed by atoms with Crippen LogP contribution in [0, 0.1) is 0 Å². The lowest BCUT2D eigenvalue weighted by molar-refractivity contribution is -0.139. The highest BCUT2D eigenvalue weighted by Crippen LogP contribution is 2.32. The van der Waals surface area contributed by atoms with Gasteiger partial charge in [-0.1, -0.05) is 18.2 Å². The monoisotopic (exact) mass is 274 g/mol. The van der Waals surface area contributed by atoms with E-state index in [2.05, 4.69) is 5.32 Å². The van der Waals surface area contributed by atoms with Crippen molar-refractivity contribution in [2.24, 2.45) is 0 Å². The van der Waals surface area contributed by atoms with Gasteiger partial charge in [0.1, 0.15) is 0 Å². The Bertz CT molecular complexity index is 432. The standard InChI is InChI=1S/C13H17F3N2O/c1-10(19)18(8-7-17-2)9-11-5-3-4-6-12(11)13(14,15)16/h3-6,17H,7-9H2,1-2H3. The molecule has 1 amide bonds. The normalized spacial score (nSPS) is 11.4. The van der Waals surface area contributed by atoms with Crippen molar-refractivity contribution in [1.82, 2.24) is 10.2 Å². The number of halogens is 3. The molecule has 0 aromatic heterocycles. The van der Waals surface area contributed by atoms with Gasteiger partial charge in [-0.15, -0.1) is 0 Å². The van der Waals surface area contributed by atoms with Crippen LogP contribution in [0.5, 0.6) is 0 Å². The van der Waals surface area contributed by atoms with Crippen molar-refractivity contribution in [3.05, 3.63) is 35.4 Å². The third-order valence-corrected chi connectivity index (χ3v) is 2.76. The molecule has 1 aromatic carbocycles. The summed E-state index contributed by atoms with van der Waals surface area (Å²) in [6, 6.07) is 5.32. The molecule has 0 aliphatic carbocycles. The van der Waals surface area contributed by atoms with Crippen LogP contribution in [0.15, 0.2) is 24.3 Å². The zero-order valence-electron chi connectivity index (χ0n) is 10.9. The fraction of sp³-hybridized carbons (Fsp3) is 0.462. The molecule has 6 heteroatoms. The summed E-state index contributed by atoms with van der Waals surface area (Å²) < 4.78 is 38.5. The van der Waals surface area contributed by atoms with Gasteiger partial charge in [0.25, 0.3) is 0 Å². The van der Waals surface area contributed by atoms with Crippen molar-refractivity contribution in [2.45, 2.75) is 19.6 Å². The molecule has 0 saturated carbocycles. The Hall–Kier alpha value is -1.56. The zero-order chi connectivity index (χ0) is 14.5. The number of alkyl halides is 3. The summed E-state index contributed by atoms with van der Waals surface area (Å²) in [5.41, 5.74) is -0.577. The number of carbonyl (C=O) groups is 1. The number of hydrogen-bond donors (Lipinski definition) is 1. The minimum Gasteiger partial charge on any atom is -0.337 e. The third-order valence-electron chi connectivity index (χ3n) is 2.76. The largest absolute Gasteiger partial charge is 0.416 e. The van der Waals surface area contributed by atoms with Crippen LogP contribution < -0.4 is 5.32 Å². The smallest absolute Gasteiger partial charge is 0.337 e. The highest BCUT2D eigenvalue weighted by atomic mass is 19.4. The summed E-state index contributed by atoms with van der Waals surface area (Å²) in [4.78, 5) is 12.8. The molecule has 0 saturated heterocycles. The number of amides is 1. The number of rotatable bonds is 5. The second-order valence-corrected chi connectivity index (χ2v) is 4.20. The van der Waals surface area contributed by atoms with Gasteiger partial charge in [0.15, 0.2) is 0 Å². The van der Waals surface area contributed by atoms with Crippen LogP contribution in [-0.4, -0.2) is 30.9 Å². The molecule has 0 aliphatic rings. The van der Waals surface area contributed by atoms with Crippen molar-refractivity contribution in [3.8, 4) is 0 Å². The predicted octanol–water partition coefficient (Wildman–Crippen LogP) is 2.27. The van der Waals surface area contributed by atoms with Gasteiger partial charge >= 0.3 is 6.18 Å². The predicted molar refractivity (Wildman–Crippen MR) is 66.5 cm³/mol. The van der Waals surface area contributed by atoms with Crippen LogP contribution in [0.4, 0.5) is 13.2 Å². The van der Waals surface area contributed by atoms with Crippen LogP contribution >= 0.6 is 0 Å². The maximum atomic E-state index is 12.8. The van der Waals surface area contributed by atoms with E-state index >= 15 is 0 Å². The van der Waals surface area contributed by atoms with E-state index in [0.717, 1.165) is 6.07 Å². The molecule has 1 aromatic rings. The molecule has 0 fully saturated rings. The summed E-state index contributed by atoms with van der Waals surface area (Å²) in [5, 5.41) is 2.87. The molecule has 1 N–H and O–H groups in total. The molecule has 0 atom stereocenters. The summed E-state index contributed by atoms with van der Waals surface area (Å²) in [6.07, 6.45) is -4.40. The topological polar surface area (TPSA) is 32.3 Å². The first kappa shape index (κ1) is 15.5. The Balaban J connectivity index is 2.93. The molecule has 0 unspecified atom stereocenters. The van der Waals surface area contributed by atoms with Gasteiger partial charge in [-0.2, -0.15) is 13.2 Å². The van der Waals surface area contributed by atoms with Gasteiger partial charge in [-0.05, 0) is 18.7 Å². The van der Waals surface area contributed by atoms with Gasteiger partial charge < -0.3 is 10.2 Å². The second-order valence-electron chi connectivity index (χ2n) is 4.20. The molecule has 0 heterocycles. The summed E-state index contributed by atoms with van der Waals surface area (Å²) in [7, 11) is 1.72. The minimum absolute atomic E-state index is 0.0350. The van der Waals surface area contributed by atoms with Crippen molar-refractivity contribution < 1.29 is 18.0 Å². The first-order chi connectivity index (χ1) is 8.86. The SMILES string of the molecule is CNCCN(Cc1ccccc1C(F)(F)F)C(C)=O. The molecule has 1 rings (SSSR count). The number of nitrogens with one attached hydrogen (secondary N) is 1. The molecule has 106 valence electrons. The molecule has 0 radical (unpaired) electrons. The Labute approximate surface area is 110 Å². The van der Waals surface area contributed by atoms with E-state index in [9.17, 15) is 18.0 Å². The molecule has 0 bridgehead atoms. The molecule has 19 heavy (non-hydrogen) atoms. The van der Waals surface area contributed by atoms with E-state index in [1.54, 1.807) is 13.1 Å². The lowest BCUT2D eigenvalue weighted by atomic mass is 10.1. The fourth-order valence-electron chi connectivity index (χ4n) is 1.73. The van der Waals surface area contributed by atoms with Gasteiger partial charge in [0.05, 0.1) is 5.56 Å². The first-order valence-electron chi connectivity index (χ1n) is 5.91. The maximum Gasteiger partial charge on any atom is 0.416 e. The van der Waals surface area contributed by atoms with Gasteiger partial charge in [-0.3, -0.25) is 4.79 Å². The van der Waals surface area contributed by atoms with Crippen LogP contribution in [-0.2, 0) is 17.5 Å². The zero-order valence-corrected chi connectivity index (χ0v) is 10.9. The van der Waals surface area contributed by atoms with Gasteiger partial charge in [0.2, 0.25) is 5.91 Å². The van der Waals surface area contributed by atoms with Crippen molar-refractivity contribution in [1.29, 1.82) is 0 Å². The number of hydrogen-bond acceptors (Lipinski definition) is 2. The fourth-order valence-corrected chi connectivity index (χ4v) is 1.73. The van der Waals surface area contributed by atoms with Crippen LogP contribution in [0.2, 0.25) is 0 Å². The minimum atomic E-state index is -4.40. The van der Waals surface area contributed by atoms with E-state index in [-0.39, 0.29) is 18.0 Å². The highest BCUT2D eigenvalue weighted by Gasteiger charge is 2.33. The van der Waals surface area contributed by atoms with Crippen LogP contribution in [0.25, 0.3) is 0 Å². The lowest BCUT2D eigenvalue weighted by Gasteiger charge is -2.23. The third kappa shape index (κ3) is 4.55. The van der Waals surface area contributed by atoms with Gasteiger partial charge in [0, 0.05) is 26.6 Å². The second kappa shape index (κ2) is 6.56. The molecule has 3 nitrogen and oxygen atoms in total. The highest BCUT2D eigenvalue weighted by molar-refractivity contribution is 5.73. The quantitative estimate of drug-likeness (QED) is 0.893. The van der Waals surface area contributed by atoms with Crippen LogP contribution in [0.3, 0.4) is 0 Å². The average molecular weight is 274 g/mol. The molecule has 0 spiro atoms. The number of carbonyl (C=O) groups excluding carboxylic acids is 1. The van der Waals surface area contributed by atoms with Crippen molar-refractivity contribution >= 4 is 5.91 Å². The molecular weight excluding hydrogens is 257 g/mol. The first-order valence-corrected chi connectivity index (χ1v) is 5.91. The lowest BCUT2D eigenvalue weighted by Crippen LogP contribution is -2.34. The van der Waals surface area contributed by atoms with E-state index < -0.39 is 11.7 Å². The van der Waals surface area contributed by atoms with E-state index in [0.29, 0.717) is 13.1 Å². The Morgan fingerprint density at radius 3 is 2.47 bits per heavy atom. The number of benzene rings is 1. The summed E-state index contributed by atoms with van der Waals surface area (Å²) in [5.74, 6) is -0.243. The Kier molecular flexibility index (Phi) is 5.35. The van der Waals surface area contributed by atoms with E-state index in [1.165, 1.54) is 24.0 Å². The van der Waals surface area contributed by atoms with Crippen molar-refractivity contribution in [2.75, 3.05) is 20.1 Å². The van der Waals surface area contributed by atoms with Crippen molar-refractivity contribution in [3.63, 3.8) is 0 Å². The van der Waals surface area contributed by atoms with E-state index in [1.807, 2.05) is 0 Å². The maximum absolute atomic E-state index is 12.8.